The van der Waals surface area contributed by atoms with E-state index in [2.05, 4.69) is 6.58 Å². The normalized spacial score (nSPS) is 8.12. The molecule has 0 amide bonds. The van der Waals surface area contributed by atoms with Crippen molar-refractivity contribution < 1.29 is 0 Å². The van der Waals surface area contributed by atoms with Crippen molar-refractivity contribution in [3.05, 3.63) is 12.7 Å². The summed E-state index contributed by atoms with van der Waals surface area (Å²) < 4.78 is 0. The monoisotopic (exact) mass is 113 g/mol. The van der Waals surface area contributed by atoms with Crippen LogP contribution in [0.15, 0.2) is 12.7 Å². The van der Waals surface area contributed by atoms with Crippen molar-refractivity contribution in [2.75, 3.05) is 13.6 Å². The zero-order valence-electron chi connectivity index (χ0n) is 5.02. The smallest absolute Gasteiger partial charge is 0.188 e. The minimum atomic E-state index is 0.0740. The largest absolute Gasteiger partial charge is 0.370 e. The molecule has 0 radical (unpaired) electrons. The Labute approximate surface area is 49.3 Å². The Kier molecular flexibility index (Phi) is 2.69. The quantitative estimate of drug-likeness (QED) is 0.301. The van der Waals surface area contributed by atoms with Crippen LogP contribution < -0.4 is 5.73 Å². The average molecular weight is 113 g/mol. The molecule has 0 fully saturated rings. The maximum absolute atomic E-state index is 6.86. The molecule has 0 aromatic carbocycles. The molecular weight excluding hydrogens is 102 g/mol. The highest BCUT2D eigenvalue weighted by atomic mass is 15.2. The molecule has 0 rings (SSSR count). The van der Waals surface area contributed by atoms with Crippen LogP contribution in [0.2, 0.25) is 0 Å². The standard InChI is InChI=1S/C5H11N3/c1-3-4-8(2)5(6)7/h3H,1,4H2,2H3,(H3,6,7). The summed E-state index contributed by atoms with van der Waals surface area (Å²) in [5, 5.41) is 6.86. The summed E-state index contributed by atoms with van der Waals surface area (Å²) in [5.74, 6) is 0.0740. The summed E-state index contributed by atoms with van der Waals surface area (Å²) in [5.41, 5.74) is 5.08. The van der Waals surface area contributed by atoms with E-state index in [9.17, 15) is 0 Å². The van der Waals surface area contributed by atoms with Gasteiger partial charge >= 0.3 is 0 Å². The van der Waals surface area contributed by atoms with Crippen LogP contribution in [0.3, 0.4) is 0 Å². The molecule has 46 valence electrons. The number of hydrogen-bond donors (Lipinski definition) is 2. The van der Waals surface area contributed by atoms with E-state index in [0.29, 0.717) is 6.54 Å². The van der Waals surface area contributed by atoms with Crippen molar-refractivity contribution in [2.45, 2.75) is 0 Å². The van der Waals surface area contributed by atoms with Crippen LogP contribution in [0.4, 0.5) is 0 Å². The second kappa shape index (κ2) is 3.07. The first kappa shape index (κ1) is 7.01. The van der Waals surface area contributed by atoms with Crippen molar-refractivity contribution in [3.63, 3.8) is 0 Å². The Balaban J connectivity index is 3.46. The molecule has 0 saturated heterocycles. The van der Waals surface area contributed by atoms with Crippen LogP contribution in [0.1, 0.15) is 0 Å². The van der Waals surface area contributed by atoms with Crippen molar-refractivity contribution in [1.82, 2.24) is 4.90 Å². The van der Waals surface area contributed by atoms with Crippen LogP contribution in [-0.4, -0.2) is 24.5 Å². The van der Waals surface area contributed by atoms with Crippen LogP contribution in [0.5, 0.6) is 0 Å². The van der Waals surface area contributed by atoms with Gasteiger partial charge in [-0.05, 0) is 0 Å². The number of nitrogens with one attached hydrogen (secondary N) is 1. The molecule has 0 aliphatic carbocycles. The third-order valence-corrected chi connectivity index (χ3v) is 0.814. The molecule has 3 N–H and O–H groups in total. The number of hydrogen-bond acceptors (Lipinski definition) is 1. The third kappa shape index (κ3) is 2.23. The first-order valence-electron chi connectivity index (χ1n) is 2.34. The molecule has 0 saturated carbocycles. The Morgan fingerprint density at radius 2 is 2.50 bits per heavy atom. The van der Waals surface area contributed by atoms with Crippen LogP contribution in [-0.2, 0) is 0 Å². The topological polar surface area (TPSA) is 53.1 Å². The van der Waals surface area contributed by atoms with Crippen LogP contribution in [0.25, 0.3) is 0 Å². The second-order valence-electron chi connectivity index (χ2n) is 1.55. The Morgan fingerprint density at radius 1 is 2.00 bits per heavy atom. The van der Waals surface area contributed by atoms with E-state index in [0.717, 1.165) is 0 Å². The molecule has 0 aromatic heterocycles. The summed E-state index contributed by atoms with van der Waals surface area (Å²) in [6, 6.07) is 0. The van der Waals surface area contributed by atoms with Gasteiger partial charge in [-0.25, -0.2) is 0 Å². The summed E-state index contributed by atoms with van der Waals surface area (Å²) >= 11 is 0. The van der Waals surface area contributed by atoms with Crippen molar-refractivity contribution in [3.8, 4) is 0 Å². The highest BCUT2D eigenvalue weighted by Crippen LogP contribution is 1.76. The molecule has 0 bridgehead atoms. The molecule has 3 heteroatoms. The SMILES string of the molecule is C=CCN(C)C(=N)N. The van der Waals surface area contributed by atoms with Crippen molar-refractivity contribution >= 4 is 5.96 Å². The molecule has 8 heavy (non-hydrogen) atoms. The number of guanidine groups is 1. The number of rotatable bonds is 2. The lowest BCUT2D eigenvalue weighted by Crippen LogP contribution is -2.32. The van der Waals surface area contributed by atoms with Crippen molar-refractivity contribution in [2.24, 2.45) is 5.73 Å². The first-order valence-corrected chi connectivity index (χ1v) is 2.34. The highest BCUT2D eigenvalue weighted by molar-refractivity contribution is 5.74. The van der Waals surface area contributed by atoms with Gasteiger partial charge in [-0.15, -0.1) is 6.58 Å². The van der Waals surface area contributed by atoms with Gasteiger partial charge in [0.15, 0.2) is 5.96 Å². The zero-order valence-corrected chi connectivity index (χ0v) is 5.02. The van der Waals surface area contributed by atoms with Crippen molar-refractivity contribution in [1.29, 1.82) is 5.41 Å². The molecular formula is C5H11N3. The predicted octanol–water partition coefficient (Wildman–Crippen LogP) is -0.00233. The Bertz CT molecular complexity index is 97.8. The van der Waals surface area contributed by atoms with E-state index >= 15 is 0 Å². The van der Waals surface area contributed by atoms with Gasteiger partial charge in [-0.2, -0.15) is 0 Å². The minimum Gasteiger partial charge on any atom is -0.370 e. The van der Waals surface area contributed by atoms with E-state index in [1.807, 2.05) is 0 Å². The summed E-state index contributed by atoms with van der Waals surface area (Å²) in [4.78, 5) is 1.59. The summed E-state index contributed by atoms with van der Waals surface area (Å²) in [6.45, 7) is 4.12. The Hall–Kier alpha value is -0.990. The van der Waals surface area contributed by atoms with Gasteiger partial charge < -0.3 is 10.6 Å². The molecule has 0 aliphatic rings. The molecule has 0 heterocycles. The summed E-state index contributed by atoms with van der Waals surface area (Å²) in [6.07, 6.45) is 1.70. The second-order valence-corrected chi connectivity index (χ2v) is 1.55. The van der Waals surface area contributed by atoms with E-state index in [-0.39, 0.29) is 5.96 Å². The van der Waals surface area contributed by atoms with Gasteiger partial charge in [0, 0.05) is 13.6 Å². The lowest BCUT2D eigenvalue weighted by atomic mass is 10.6. The molecule has 0 aromatic rings. The summed E-state index contributed by atoms with van der Waals surface area (Å²) in [7, 11) is 1.74. The fourth-order valence-corrected chi connectivity index (χ4v) is 0.292. The van der Waals surface area contributed by atoms with Gasteiger partial charge in [-0.3, -0.25) is 5.41 Å². The lowest BCUT2D eigenvalue weighted by molar-refractivity contribution is 0.553. The lowest BCUT2D eigenvalue weighted by Gasteiger charge is -2.12. The van der Waals surface area contributed by atoms with Gasteiger partial charge in [0.25, 0.3) is 0 Å². The zero-order chi connectivity index (χ0) is 6.57. The molecule has 0 atom stereocenters. The Morgan fingerprint density at radius 3 is 2.62 bits per heavy atom. The van der Waals surface area contributed by atoms with Crippen LogP contribution >= 0.6 is 0 Å². The number of likely N-dealkylation sites (N-methyl/N-ethyl adjacent to an activating group) is 1. The van der Waals surface area contributed by atoms with Gasteiger partial charge in [0.1, 0.15) is 0 Å². The third-order valence-electron chi connectivity index (χ3n) is 0.814. The fourth-order valence-electron chi connectivity index (χ4n) is 0.292. The minimum absolute atomic E-state index is 0.0740. The molecule has 0 unspecified atom stereocenters. The van der Waals surface area contributed by atoms with E-state index < -0.39 is 0 Å². The molecule has 3 nitrogen and oxygen atoms in total. The number of nitrogens with zero attached hydrogens (tertiary/aromatic N) is 1. The van der Waals surface area contributed by atoms with Gasteiger partial charge in [0.05, 0.1) is 0 Å². The van der Waals surface area contributed by atoms with Gasteiger partial charge in [-0.1, -0.05) is 6.08 Å². The molecule has 0 spiro atoms. The number of nitrogens with two attached hydrogens (primary N) is 1. The maximum atomic E-state index is 6.86. The predicted molar refractivity (Wildman–Crippen MR) is 34.7 cm³/mol. The van der Waals surface area contributed by atoms with Crippen LogP contribution in [0, 0.1) is 5.41 Å². The van der Waals surface area contributed by atoms with E-state index in [4.69, 9.17) is 11.1 Å². The highest BCUT2D eigenvalue weighted by Gasteiger charge is 1.91. The average Bonchev–Trinajstić information content (AvgIpc) is 1.67. The fraction of sp³-hybridized carbons (Fsp3) is 0.400. The van der Waals surface area contributed by atoms with Gasteiger partial charge in [0.2, 0.25) is 0 Å². The van der Waals surface area contributed by atoms with E-state index in [1.54, 1.807) is 18.0 Å². The molecule has 0 aliphatic heterocycles. The maximum Gasteiger partial charge on any atom is 0.188 e. The first-order chi connectivity index (χ1) is 3.68. The van der Waals surface area contributed by atoms with E-state index in [1.165, 1.54) is 0 Å².